The predicted octanol–water partition coefficient (Wildman–Crippen LogP) is 1.18. The Hall–Kier alpha value is -2.08. The van der Waals surface area contributed by atoms with Gasteiger partial charge in [-0.05, 0) is 49.5 Å². The largest absolute Gasteiger partial charge is 0.352 e. The summed E-state index contributed by atoms with van der Waals surface area (Å²) in [7, 11) is 0. The van der Waals surface area contributed by atoms with Gasteiger partial charge < -0.3 is 21.7 Å². The fourth-order valence-electron chi connectivity index (χ4n) is 2.41. The maximum atomic E-state index is 11.9. The van der Waals surface area contributed by atoms with Crippen molar-refractivity contribution in [3.63, 3.8) is 0 Å². The van der Waals surface area contributed by atoms with Gasteiger partial charge in [-0.3, -0.25) is 4.79 Å². The fraction of sp³-hybridized carbons (Fsp3) is 0.467. The molecule has 1 aliphatic rings. The van der Waals surface area contributed by atoms with Gasteiger partial charge in [0.05, 0.1) is 0 Å². The van der Waals surface area contributed by atoms with E-state index in [1.165, 1.54) is 0 Å². The summed E-state index contributed by atoms with van der Waals surface area (Å²) in [6.45, 7) is 2.47. The van der Waals surface area contributed by atoms with E-state index in [-0.39, 0.29) is 5.91 Å². The molecule has 0 aromatic heterocycles. The van der Waals surface area contributed by atoms with Gasteiger partial charge in [0.25, 0.3) is 0 Å². The van der Waals surface area contributed by atoms with Crippen LogP contribution in [0.5, 0.6) is 0 Å². The molecule has 0 bridgehead atoms. The first-order chi connectivity index (χ1) is 10.1. The number of nitrogens with one attached hydrogen (secondary N) is 3. The lowest BCUT2D eigenvalue weighted by Crippen LogP contribution is -2.28. The van der Waals surface area contributed by atoms with Crippen LogP contribution in [0, 0.1) is 5.92 Å². The molecule has 1 aromatic rings. The molecular weight excluding hydrogens is 268 g/mol. The average molecular weight is 290 g/mol. The lowest BCUT2D eigenvalue weighted by molar-refractivity contribution is -0.116. The van der Waals surface area contributed by atoms with Crippen molar-refractivity contribution in [3.8, 4) is 0 Å². The third-order valence-corrected chi connectivity index (χ3v) is 3.65. The van der Waals surface area contributed by atoms with Crippen LogP contribution in [0.4, 0.5) is 10.5 Å². The van der Waals surface area contributed by atoms with Gasteiger partial charge in [-0.25, -0.2) is 4.79 Å². The maximum absolute atomic E-state index is 11.9. The molecule has 6 nitrogen and oxygen atoms in total. The number of hydrogen-bond acceptors (Lipinski definition) is 3. The SMILES string of the molecule is NC(=O)NCc1ccc(NC(=O)CCC2CCNC2)cc1. The summed E-state index contributed by atoms with van der Waals surface area (Å²) >= 11 is 0. The molecule has 1 unspecified atom stereocenters. The number of carbonyl (C=O) groups excluding carboxylic acids is 2. The number of amides is 3. The molecule has 1 atom stereocenters. The standard InChI is InChI=1S/C15H22N4O2/c16-15(21)18-10-11-1-4-13(5-2-11)19-14(20)6-3-12-7-8-17-9-12/h1-2,4-5,12,17H,3,6-10H2,(H,19,20)(H3,16,18,21). The summed E-state index contributed by atoms with van der Waals surface area (Å²) in [6.07, 6.45) is 2.64. The Labute approximate surface area is 124 Å². The lowest BCUT2D eigenvalue weighted by Gasteiger charge is -2.09. The van der Waals surface area contributed by atoms with E-state index in [1.807, 2.05) is 24.3 Å². The first-order valence-corrected chi connectivity index (χ1v) is 7.26. The van der Waals surface area contributed by atoms with Crippen molar-refractivity contribution in [2.75, 3.05) is 18.4 Å². The third kappa shape index (κ3) is 5.43. The van der Waals surface area contributed by atoms with Crippen LogP contribution in [0.3, 0.4) is 0 Å². The second-order valence-corrected chi connectivity index (χ2v) is 5.36. The van der Waals surface area contributed by atoms with Crippen LogP contribution in [0.1, 0.15) is 24.8 Å². The quantitative estimate of drug-likeness (QED) is 0.633. The topological polar surface area (TPSA) is 96.2 Å². The molecule has 0 spiro atoms. The summed E-state index contributed by atoms with van der Waals surface area (Å²) in [5.41, 5.74) is 6.71. The predicted molar refractivity (Wildman–Crippen MR) is 81.7 cm³/mol. The second kappa shape index (κ2) is 7.64. The second-order valence-electron chi connectivity index (χ2n) is 5.36. The normalized spacial score (nSPS) is 17.4. The van der Waals surface area contributed by atoms with E-state index in [4.69, 9.17) is 5.73 Å². The van der Waals surface area contributed by atoms with Gasteiger partial charge in [0.15, 0.2) is 0 Å². The maximum Gasteiger partial charge on any atom is 0.312 e. The number of hydrogen-bond donors (Lipinski definition) is 4. The smallest absolute Gasteiger partial charge is 0.312 e. The minimum atomic E-state index is -0.547. The van der Waals surface area contributed by atoms with Gasteiger partial charge >= 0.3 is 6.03 Å². The first-order valence-electron chi connectivity index (χ1n) is 7.26. The highest BCUT2D eigenvalue weighted by molar-refractivity contribution is 5.90. The summed E-state index contributed by atoms with van der Waals surface area (Å²) in [4.78, 5) is 22.5. The van der Waals surface area contributed by atoms with Gasteiger partial charge in [0, 0.05) is 18.7 Å². The van der Waals surface area contributed by atoms with E-state index in [9.17, 15) is 9.59 Å². The van der Waals surface area contributed by atoms with Crippen molar-refractivity contribution >= 4 is 17.6 Å². The molecule has 6 heteroatoms. The summed E-state index contributed by atoms with van der Waals surface area (Å²) < 4.78 is 0. The highest BCUT2D eigenvalue weighted by atomic mass is 16.2. The Balaban J connectivity index is 1.73. The zero-order valence-electron chi connectivity index (χ0n) is 12.0. The first kappa shape index (κ1) is 15.3. The number of rotatable bonds is 6. The van der Waals surface area contributed by atoms with E-state index in [0.717, 1.165) is 37.2 Å². The van der Waals surface area contributed by atoms with Crippen LogP contribution in [-0.4, -0.2) is 25.0 Å². The number of carbonyl (C=O) groups is 2. The number of nitrogens with two attached hydrogens (primary N) is 1. The van der Waals surface area contributed by atoms with Gasteiger partial charge in [0.2, 0.25) is 5.91 Å². The molecule has 1 aromatic carbocycles. The zero-order chi connectivity index (χ0) is 15.1. The van der Waals surface area contributed by atoms with Crippen LogP contribution in [0.15, 0.2) is 24.3 Å². The minimum Gasteiger partial charge on any atom is -0.352 e. The van der Waals surface area contributed by atoms with Crippen molar-refractivity contribution in [2.45, 2.75) is 25.8 Å². The van der Waals surface area contributed by atoms with Crippen LogP contribution in [0.25, 0.3) is 0 Å². The van der Waals surface area contributed by atoms with E-state index in [1.54, 1.807) is 0 Å². The van der Waals surface area contributed by atoms with Gasteiger partial charge in [-0.15, -0.1) is 0 Å². The number of anilines is 1. The molecule has 1 fully saturated rings. The van der Waals surface area contributed by atoms with Crippen molar-refractivity contribution < 1.29 is 9.59 Å². The fourth-order valence-corrected chi connectivity index (χ4v) is 2.41. The van der Waals surface area contributed by atoms with Crippen molar-refractivity contribution in [1.82, 2.24) is 10.6 Å². The molecular formula is C15H22N4O2. The highest BCUT2D eigenvalue weighted by Crippen LogP contribution is 2.15. The van der Waals surface area contributed by atoms with Gasteiger partial charge in [0.1, 0.15) is 0 Å². The molecule has 1 aliphatic heterocycles. The summed E-state index contributed by atoms with van der Waals surface area (Å²) in [5.74, 6) is 0.669. The Morgan fingerprint density at radius 1 is 1.29 bits per heavy atom. The van der Waals surface area contributed by atoms with E-state index in [0.29, 0.717) is 18.9 Å². The lowest BCUT2D eigenvalue weighted by atomic mass is 10.0. The molecule has 114 valence electrons. The van der Waals surface area contributed by atoms with Crippen molar-refractivity contribution in [2.24, 2.45) is 11.7 Å². The monoisotopic (exact) mass is 290 g/mol. The Bertz CT molecular complexity index is 481. The molecule has 21 heavy (non-hydrogen) atoms. The van der Waals surface area contributed by atoms with E-state index in [2.05, 4.69) is 16.0 Å². The Morgan fingerprint density at radius 2 is 2.05 bits per heavy atom. The highest BCUT2D eigenvalue weighted by Gasteiger charge is 2.15. The van der Waals surface area contributed by atoms with Gasteiger partial charge in [-0.1, -0.05) is 12.1 Å². The number of benzene rings is 1. The Kier molecular flexibility index (Phi) is 5.57. The molecule has 0 aliphatic carbocycles. The van der Waals surface area contributed by atoms with E-state index < -0.39 is 6.03 Å². The number of primary amides is 1. The van der Waals surface area contributed by atoms with Crippen LogP contribution >= 0.6 is 0 Å². The van der Waals surface area contributed by atoms with E-state index >= 15 is 0 Å². The molecule has 0 radical (unpaired) electrons. The van der Waals surface area contributed by atoms with Crippen LogP contribution in [0.2, 0.25) is 0 Å². The molecule has 3 amide bonds. The molecule has 0 saturated carbocycles. The molecule has 5 N–H and O–H groups in total. The molecule has 2 rings (SSSR count). The van der Waals surface area contributed by atoms with Crippen molar-refractivity contribution in [3.05, 3.63) is 29.8 Å². The zero-order valence-corrected chi connectivity index (χ0v) is 12.0. The summed E-state index contributed by atoms with van der Waals surface area (Å²) in [6, 6.07) is 6.81. The number of urea groups is 1. The third-order valence-electron chi connectivity index (χ3n) is 3.65. The van der Waals surface area contributed by atoms with Crippen molar-refractivity contribution in [1.29, 1.82) is 0 Å². The summed E-state index contributed by atoms with van der Waals surface area (Å²) in [5, 5.41) is 8.71. The average Bonchev–Trinajstić information content (AvgIpc) is 2.98. The molecule has 1 saturated heterocycles. The molecule has 1 heterocycles. The minimum absolute atomic E-state index is 0.0462. The van der Waals surface area contributed by atoms with Crippen LogP contribution in [-0.2, 0) is 11.3 Å². The van der Waals surface area contributed by atoms with Crippen LogP contribution < -0.4 is 21.7 Å². The Morgan fingerprint density at radius 3 is 2.67 bits per heavy atom. The van der Waals surface area contributed by atoms with Gasteiger partial charge in [-0.2, -0.15) is 0 Å².